The lowest BCUT2D eigenvalue weighted by atomic mass is 10.0. The molecule has 0 spiro atoms. The van der Waals surface area contributed by atoms with Crippen LogP contribution in [0.25, 0.3) is 0 Å². The van der Waals surface area contributed by atoms with Crippen LogP contribution in [0, 0.1) is 5.82 Å². The van der Waals surface area contributed by atoms with Crippen molar-refractivity contribution in [3.63, 3.8) is 0 Å². The molecular weight excluding hydrogens is 395 g/mol. The normalized spacial score (nSPS) is 12.5. The Balaban J connectivity index is 2.12. The first kappa shape index (κ1) is 22.5. The van der Waals surface area contributed by atoms with Gasteiger partial charge in [-0.2, -0.15) is 0 Å². The van der Waals surface area contributed by atoms with Gasteiger partial charge in [-0.05, 0) is 35.4 Å². The molecule has 0 radical (unpaired) electrons. The molecule has 30 heavy (non-hydrogen) atoms. The maximum absolute atomic E-state index is 13.1. The van der Waals surface area contributed by atoms with Crippen LogP contribution in [-0.2, 0) is 27.2 Å². The first-order valence-electron chi connectivity index (χ1n) is 9.02. The lowest BCUT2D eigenvalue weighted by Gasteiger charge is -2.21. The number of halogens is 1. The highest BCUT2D eigenvalue weighted by atomic mass is 19.1. The van der Waals surface area contributed by atoms with Gasteiger partial charge in [-0.3, -0.25) is 9.59 Å². The van der Waals surface area contributed by atoms with Gasteiger partial charge < -0.3 is 20.8 Å². The molecule has 8 nitrogen and oxygen atoms in total. The number of carboxylic acids is 2. The van der Waals surface area contributed by atoms with Crippen molar-refractivity contribution in [3.8, 4) is 0 Å². The van der Waals surface area contributed by atoms with Crippen molar-refractivity contribution in [1.82, 2.24) is 10.6 Å². The first-order valence-corrected chi connectivity index (χ1v) is 9.02. The number of hydrogen-bond acceptors (Lipinski definition) is 4. The average Bonchev–Trinajstić information content (AvgIpc) is 2.68. The summed E-state index contributed by atoms with van der Waals surface area (Å²) in [4.78, 5) is 46.7. The molecule has 2 amide bonds. The predicted molar refractivity (Wildman–Crippen MR) is 104 cm³/mol. The topological polar surface area (TPSA) is 133 Å². The fourth-order valence-electron chi connectivity index (χ4n) is 2.80. The Morgan fingerprint density at radius 1 is 0.833 bits per heavy atom. The lowest BCUT2D eigenvalue weighted by molar-refractivity contribution is -0.142. The standard InChI is InChI=1S/C21H21FN2O6/c1-12(25)23-17(10-14-4-8-16(22)9-5-14)19(26)24-18(21(29)30)11-13-2-6-15(7-3-13)20(27)28/h2-9,17-18H,10-11H2,1H3,(H,23,25)(H,24,26)(H,27,28)(H,29,30)/t17-,18+/m0/s1. The minimum absolute atomic E-state index is 0.0470. The first-order chi connectivity index (χ1) is 14.2. The van der Waals surface area contributed by atoms with Crippen LogP contribution in [0.4, 0.5) is 4.39 Å². The van der Waals surface area contributed by atoms with Crippen LogP contribution in [0.3, 0.4) is 0 Å². The number of hydrogen-bond donors (Lipinski definition) is 4. The molecule has 2 aromatic carbocycles. The number of aromatic carboxylic acids is 1. The van der Waals surface area contributed by atoms with E-state index in [-0.39, 0.29) is 18.4 Å². The van der Waals surface area contributed by atoms with Crippen LogP contribution in [0.2, 0.25) is 0 Å². The van der Waals surface area contributed by atoms with Gasteiger partial charge >= 0.3 is 11.9 Å². The van der Waals surface area contributed by atoms with Crippen LogP contribution in [0.5, 0.6) is 0 Å². The summed E-state index contributed by atoms with van der Waals surface area (Å²) in [5, 5.41) is 23.3. The summed E-state index contributed by atoms with van der Waals surface area (Å²) in [5.74, 6) is -4.02. The van der Waals surface area contributed by atoms with Crippen LogP contribution in [-0.4, -0.2) is 46.0 Å². The van der Waals surface area contributed by atoms with Crippen molar-refractivity contribution in [1.29, 1.82) is 0 Å². The minimum Gasteiger partial charge on any atom is -0.480 e. The molecule has 0 saturated heterocycles. The fraction of sp³-hybridized carbons (Fsp3) is 0.238. The minimum atomic E-state index is -1.29. The number of aliphatic carboxylic acids is 1. The van der Waals surface area contributed by atoms with E-state index in [1.807, 2.05) is 0 Å². The van der Waals surface area contributed by atoms with E-state index in [2.05, 4.69) is 10.6 Å². The van der Waals surface area contributed by atoms with E-state index in [0.717, 1.165) is 0 Å². The Labute approximate surface area is 171 Å². The highest BCUT2D eigenvalue weighted by Crippen LogP contribution is 2.10. The van der Waals surface area contributed by atoms with Crippen molar-refractivity contribution in [2.75, 3.05) is 0 Å². The van der Waals surface area contributed by atoms with E-state index in [0.29, 0.717) is 11.1 Å². The van der Waals surface area contributed by atoms with E-state index < -0.39 is 41.7 Å². The largest absolute Gasteiger partial charge is 0.480 e. The van der Waals surface area contributed by atoms with E-state index in [4.69, 9.17) is 5.11 Å². The molecule has 2 aromatic rings. The summed E-state index contributed by atoms with van der Waals surface area (Å²) in [6.07, 6.45) is -0.0321. The Hall–Kier alpha value is -3.75. The summed E-state index contributed by atoms with van der Waals surface area (Å²) in [5.41, 5.74) is 1.16. The zero-order valence-corrected chi connectivity index (χ0v) is 16.1. The number of carboxylic acid groups (broad SMARTS) is 2. The zero-order chi connectivity index (χ0) is 22.3. The van der Waals surface area contributed by atoms with E-state index in [9.17, 15) is 28.7 Å². The molecule has 0 heterocycles. The van der Waals surface area contributed by atoms with Crippen molar-refractivity contribution < 1.29 is 33.8 Å². The molecule has 2 rings (SSSR count). The molecule has 0 saturated carbocycles. The SMILES string of the molecule is CC(=O)N[C@@H](Cc1ccc(F)cc1)C(=O)N[C@H](Cc1ccc(C(=O)O)cc1)C(=O)O. The third-order valence-corrected chi connectivity index (χ3v) is 4.30. The number of rotatable bonds is 9. The van der Waals surface area contributed by atoms with Gasteiger partial charge in [-0.25, -0.2) is 14.0 Å². The van der Waals surface area contributed by atoms with Crippen LogP contribution >= 0.6 is 0 Å². The van der Waals surface area contributed by atoms with E-state index in [1.54, 1.807) is 0 Å². The summed E-state index contributed by atoms with van der Waals surface area (Å²) in [7, 11) is 0. The molecular formula is C21H21FN2O6. The smallest absolute Gasteiger partial charge is 0.335 e. The van der Waals surface area contributed by atoms with E-state index in [1.165, 1.54) is 55.5 Å². The van der Waals surface area contributed by atoms with Gasteiger partial charge in [0.05, 0.1) is 5.56 Å². The number of carbonyl (C=O) groups is 4. The quantitative estimate of drug-likeness (QED) is 0.488. The summed E-state index contributed by atoms with van der Waals surface area (Å²) >= 11 is 0. The Morgan fingerprint density at radius 2 is 1.33 bits per heavy atom. The molecule has 2 atom stereocenters. The number of benzene rings is 2. The third kappa shape index (κ3) is 6.69. The molecule has 4 N–H and O–H groups in total. The van der Waals surface area contributed by atoms with Gasteiger partial charge in [0.25, 0.3) is 0 Å². The maximum atomic E-state index is 13.1. The maximum Gasteiger partial charge on any atom is 0.335 e. The van der Waals surface area contributed by atoms with Crippen molar-refractivity contribution in [2.45, 2.75) is 31.8 Å². The molecule has 0 aliphatic rings. The highest BCUT2D eigenvalue weighted by Gasteiger charge is 2.26. The average molecular weight is 416 g/mol. The van der Waals surface area contributed by atoms with Gasteiger partial charge in [0.2, 0.25) is 11.8 Å². The second kappa shape index (κ2) is 10.1. The van der Waals surface area contributed by atoms with Crippen molar-refractivity contribution in [2.24, 2.45) is 0 Å². The van der Waals surface area contributed by atoms with Crippen molar-refractivity contribution >= 4 is 23.8 Å². The van der Waals surface area contributed by atoms with Crippen LogP contribution in [0.1, 0.15) is 28.4 Å². The lowest BCUT2D eigenvalue weighted by Crippen LogP contribution is -2.52. The molecule has 158 valence electrons. The summed E-state index contributed by atoms with van der Waals surface area (Å²) in [6, 6.07) is 8.65. The van der Waals surface area contributed by atoms with Gasteiger partial charge in [-0.1, -0.05) is 24.3 Å². The third-order valence-electron chi connectivity index (χ3n) is 4.30. The molecule has 0 aliphatic heterocycles. The van der Waals surface area contributed by atoms with Crippen LogP contribution < -0.4 is 10.6 Å². The number of nitrogens with one attached hydrogen (secondary N) is 2. The fourth-order valence-corrected chi connectivity index (χ4v) is 2.80. The Morgan fingerprint density at radius 3 is 1.80 bits per heavy atom. The van der Waals surface area contributed by atoms with E-state index >= 15 is 0 Å². The molecule has 0 aromatic heterocycles. The predicted octanol–water partition coefficient (Wildman–Crippen LogP) is 1.38. The van der Waals surface area contributed by atoms with Gasteiger partial charge in [0.15, 0.2) is 0 Å². The second-order valence-electron chi connectivity index (χ2n) is 6.69. The number of amides is 2. The highest BCUT2D eigenvalue weighted by molar-refractivity contribution is 5.90. The Bertz CT molecular complexity index is 928. The monoisotopic (exact) mass is 416 g/mol. The van der Waals surface area contributed by atoms with Crippen LogP contribution in [0.15, 0.2) is 48.5 Å². The van der Waals surface area contributed by atoms with Gasteiger partial charge in [0.1, 0.15) is 17.9 Å². The van der Waals surface area contributed by atoms with Gasteiger partial charge in [0, 0.05) is 19.8 Å². The molecule has 9 heteroatoms. The number of carbonyl (C=O) groups excluding carboxylic acids is 2. The molecule has 0 unspecified atom stereocenters. The molecule has 0 fully saturated rings. The summed E-state index contributed by atoms with van der Waals surface area (Å²) < 4.78 is 13.1. The van der Waals surface area contributed by atoms with Gasteiger partial charge in [-0.15, -0.1) is 0 Å². The summed E-state index contributed by atoms with van der Waals surface area (Å²) in [6.45, 7) is 1.23. The molecule has 0 bridgehead atoms. The second-order valence-corrected chi connectivity index (χ2v) is 6.69. The van der Waals surface area contributed by atoms with Crippen molar-refractivity contribution in [3.05, 3.63) is 71.0 Å². The zero-order valence-electron chi connectivity index (χ0n) is 16.1. The molecule has 0 aliphatic carbocycles. The Kier molecular flexibility index (Phi) is 7.62.